The molecule has 8 nitrogen and oxygen atoms in total. The van der Waals surface area contributed by atoms with Crippen molar-refractivity contribution in [3.05, 3.63) is 144 Å². The first kappa shape index (κ1) is 36.6. The molecular weight excluding hydrogens is 771 g/mol. The van der Waals surface area contributed by atoms with E-state index >= 15 is 0 Å². The number of benzene rings is 3. The maximum atomic E-state index is 13.3. The number of pyridine rings is 4. The third-order valence-corrected chi connectivity index (χ3v) is 10.3. The molecule has 0 bridgehead atoms. The van der Waals surface area contributed by atoms with Gasteiger partial charge in [0.15, 0.2) is 10.0 Å². The Bertz CT molecular complexity index is 2840. The fourth-order valence-electron chi connectivity index (χ4n) is 5.80. The molecule has 56 heavy (non-hydrogen) atoms. The molecule has 0 radical (unpaired) electrons. The van der Waals surface area contributed by atoms with E-state index in [1.807, 2.05) is 18.2 Å². The second kappa shape index (κ2) is 14.4. The molecule has 0 unspecified atom stereocenters. The lowest BCUT2D eigenvalue weighted by Gasteiger charge is -2.10. The van der Waals surface area contributed by atoms with Crippen molar-refractivity contribution in [1.82, 2.24) is 30.1 Å². The lowest BCUT2D eigenvalue weighted by atomic mass is 10.1. The molecule has 5 heterocycles. The largest absolute Gasteiger partial charge is 0.416 e. The molecule has 8 aromatic rings. The molecule has 0 fully saturated rings. The van der Waals surface area contributed by atoms with Crippen LogP contribution in [0.1, 0.15) is 22.5 Å². The zero-order chi connectivity index (χ0) is 39.2. The summed E-state index contributed by atoms with van der Waals surface area (Å²) < 4.78 is 79.9. The van der Waals surface area contributed by atoms with Crippen molar-refractivity contribution in [3.8, 4) is 43.9 Å². The molecule has 0 aliphatic rings. The van der Waals surface area contributed by atoms with Crippen LogP contribution in [0.25, 0.3) is 65.7 Å². The predicted octanol–water partition coefficient (Wildman–Crippen LogP) is 11.2. The molecule has 0 amide bonds. The smallest absolute Gasteiger partial charge is 0.292 e. The lowest BCUT2D eigenvalue weighted by Crippen LogP contribution is -2.06. The van der Waals surface area contributed by atoms with Crippen LogP contribution >= 0.6 is 23.1 Å². The second-order valence-electron chi connectivity index (χ2n) is 12.2. The molecule has 3 aromatic carbocycles. The third kappa shape index (κ3) is 7.48. The Balaban J connectivity index is 1.05. The van der Waals surface area contributed by atoms with Gasteiger partial charge < -0.3 is 0 Å². The average Bonchev–Trinajstić information content (AvgIpc) is 3.71. The number of halogens is 6. The van der Waals surface area contributed by atoms with E-state index in [4.69, 9.17) is 20.8 Å². The van der Waals surface area contributed by atoms with E-state index in [0.29, 0.717) is 43.7 Å². The quantitative estimate of drug-likeness (QED) is 0.0743. The highest BCUT2D eigenvalue weighted by Gasteiger charge is 2.31. The first-order valence-corrected chi connectivity index (χ1v) is 18.1. The highest BCUT2D eigenvalue weighted by Crippen LogP contribution is 2.35. The fourth-order valence-corrected chi connectivity index (χ4v) is 7.22. The monoisotopic (exact) mass is 792 g/mol. The van der Waals surface area contributed by atoms with Crippen LogP contribution in [0.4, 0.5) is 26.3 Å². The predicted molar refractivity (Wildman–Crippen MR) is 206 cm³/mol. The highest BCUT2D eigenvalue weighted by molar-refractivity contribution is 8.27. The van der Waals surface area contributed by atoms with Gasteiger partial charge in [-0.15, -0.1) is 10.2 Å². The molecule has 5 aromatic heterocycles. The van der Waals surface area contributed by atoms with E-state index in [9.17, 15) is 26.3 Å². The number of nitrogens with one attached hydrogen (secondary N) is 2. The van der Waals surface area contributed by atoms with Crippen molar-refractivity contribution >= 4 is 55.0 Å². The third-order valence-electron chi connectivity index (χ3n) is 8.52. The molecule has 0 saturated carbocycles. The molecule has 0 aliphatic heterocycles. The number of fused-ring (bicyclic) bond motifs is 3. The number of aromatic nitrogens is 6. The van der Waals surface area contributed by atoms with Gasteiger partial charge in [0.1, 0.15) is 21.5 Å². The molecule has 2 N–H and O–H groups in total. The Kier molecular flexibility index (Phi) is 9.38. The first-order valence-electron chi connectivity index (χ1n) is 16.5. The van der Waals surface area contributed by atoms with Gasteiger partial charge in [0.05, 0.1) is 44.9 Å². The summed E-state index contributed by atoms with van der Waals surface area (Å²) in [6.45, 7) is 0. The van der Waals surface area contributed by atoms with Crippen molar-refractivity contribution in [2.45, 2.75) is 12.4 Å². The van der Waals surface area contributed by atoms with Crippen molar-refractivity contribution < 1.29 is 26.3 Å². The highest BCUT2D eigenvalue weighted by atomic mass is 32.2. The van der Waals surface area contributed by atoms with Crippen LogP contribution in [-0.4, -0.2) is 40.2 Å². The minimum absolute atomic E-state index is 0.0510. The van der Waals surface area contributed by atoms with Crippen LogP contribution in [0, 0.1) is 10.8 Å². The SMILES string of the molecule is N=C(SC(=N)c1ccc2ccc3ccc(-c4nnc(-c5cccc(-c6cccc(C(F)(F)F)c6)n5)s4)nc3c2n1)c1cccc(-c2cccc(C(F)(F)F)c2)n1. The van der Waals surface area contributed by atoms with Gasteiger partial charge in [0, 0.05) is 21.9 Å². The molecule has 16 heteroatoms. The minimum atomic E-state index is -4.52. The van der Waals surface area contributed by atoms with Crippen LogP contribution in [0.2, 0.25) is 0 Å². The Morgan fingerprint density at radius 1 is 0.482 bits per heavy atom. The number of hydrogen-bond acceptors (Lipinski definition) is 10. The van der Waals surface area contributed by atoms with Gasteiger partial charge in [0.2, 0.25) is 0 Å². The normalized spacial score (nSPS) is 12.0. The van der Waals surface area contributed by atoms with Crippen molar-refractivity contribution in [2.24, 2.45) is 0 Å². The van der Waals surface area contributed by atoms with Gasteiger partial charge >= 0.3 is 12.4 Å². The van der Waals surface area contributed by atoms with Crippen LogP contribution in [-0.2, 0) is 12.4 Å². The number of hydrogen-bond donors (Lipinski definition) is 2. The van der Waals surface area contributed by atoms with E-state index in [0.717, 1.165) is 46.8 Å². The summed E-state index contributed by atoms with van der Waals surface area (Å²) >= 11 is 2.02. The Hall–Kier alpha value is -6.39. The summed E-state index contributed by atoms with van der Waals surface area (Å²) in [6.07, 6.45) is -9.01. The number of nitrogens with zero attached hydrogens (tertiary/aromatic N) is 6. The standard InChI is InChI=1S/C40H22F6N8S2/c41-39(42,43)25-7-1-5-23(19-25)27-9-3-11-29(49-27)35(47)55-36(48)30-17-15-21-13-14-22-16-18-32(52-34(22)33(21)51-30)38-54-53-37(56-38)31-12-4-10-28(50-31)24-6-2-8-26(20-24)40(44,45)46/h1-20,47-48H. The molecule has 0 atom stereocenters. The van der Waals surface area contributed by atoms with E-state index in [-0.39, 0.29) is 32.7 Å². The summed E-state index contributed by atoms with van der Waals surface area (Å²) in [4.78, 5) is 18.6. The summed E-state index contributed by atoms with van der Waals surface area (Å²) in [6, 6.07) is 30.3. The Labute approximate surface area is 321 Å². The molecule has 0 aliphatic carbocycles. The number of rotatable bonds is 6. The van der Waals surface area contributed by atoms with Crippen LogP contribution < -0.4 is 0 Å². The zero-order valence-electron chi connectivity index (χ0n) is 28.3. The van der Waals surface area contributed by atoms with E-state index in [1.165, 1.54) is 29.5 Å². The Morgan fingerprint density at radius 3 is 1.55 bits per heavy atom. The first-order chi connectivity index (χ1) is 26.8. The van der Waals surface area contributed by atoms with Crippen molar-refractivity contribution in [2.75, 3.05) is 0 Å². The van der Waals surface area contributed by atoms with Crippen LogP contribution in [0.5, 0.6) is 0 Å². The molecule has 0 saturated heterocycles. The van der Waals surface area contributed by atoms with Gasteiger partial charge in [-0.05, 0) is 72.4 Å². The van der Waals surface area contributed by atoms with Gasteiger partial charge in [0.25, 0.3) is 0 Å². The zero-order valence-corrected chi connectivity index (χ0v) is 29.9. The van der Waals surface area contributed by atoms with E-state index < -0.39 is 23.5 Å². The number of thioether (sulfide) groups is 1. The van der Waals surface area contributed by atoms with Crippen molar-refractivity contribution in [3.63, 3.8) is 0 Å². The van der Waals surface area contributed by atoms with Gasteiger partial charge in [-0.25, -0.2) is 19.9 Å². The number of alkyl halides is 6. The Morgan fingerprint density at radius 2 is 0.946 bits per heavy atom. The van der Waals surface area contributed by atoms with Gasteiger partial charge in [-0.2, -0.15) is 26.3 Å². The average molecular weight is 793 g/mol. The lowest BCUT2D eigenvalue weighted by molar-refractivity contribution is -0.138. The van der Waals surface area contributed by atoms with Gasteiger partial charge in [-0.1, -0.05) is 72.0 Å². The molecule has 8 rings (SSSR count). The van der Waals surface area contributed by atoms with Gasteiger partial charge in [-0.3, -0.25) is 10.8 Å². The van der Waals surface area contributed by atoms with E-state index in [1.54, 1.807) is 60.7 Å². The molecule has 276 valence electrons. The maximum absolute atomic E-state index is 13.3. The van der Waals surface area contributed by atoms with Crippen LogP contribution in [0.15, 0.2) is 121 Å². The molecular formula is C40H22F6N8S2. The fraction of sp³-hybridized carbons (Fsp3) is 0.0500. The topological polar surface area (TPSA) is 125 Å². The summed E-state index contributed by atoms with van der Waals surface area (Å²) in [5.41, 5.74) is 1.99. The van der Waals surface area contributed by atoms with Crippen molar-refractivity contribution in [1.29, 1.82) is 10.8 Å². The summed E-state index contributed by atoms with van der Waals surface area (Å²) in [7, 11) is 0. The van der Waals surface area contributed by atoms with E-state index in [2.05, 4.69) is 20.2 Å². The minimum Gasteiger partial charge on any atom is -0.292 e. The van der Waals surface area contributed by atoms with Crippen LogP contribution in [0.3, 0.4) is 0 Å². The molecule has 0 spiro atoms. The summed E-state index contributed by atoms with van der Waals surface area (Å²) in [5.74, 6) is 0. The second-order valence-corrected chi connectivity index (χ2v) is 14.2. The summed E-state index contributed by atoms with van der Waals surface area (Å²) in [5, 5.41) is 28.4. The maximum Gasteiger partial charge on any atom is 0.416 e.